The van der Waals surface area contributed by atoms with E-state index in [0.29, 0.717) is 17.7 Å². The van der Waals surface area contributed by atoms with E-state index in [9.17, 15) is 19.2 Å². The third kappa shape index (κ3) is 8.22. The number of amides is 3. The second-order valence-corrected chi connectivity index (χ2v) is 10.8. The molecule has 1 aliphatic carbocycles. The number of esters is 1. The molecule has 0 radical (unpaired) electrons. The molecule has 0 fully saturated rings. The molecule has 0 aliphatic heterocycles. The summed E-state index contributed by atoms with van der Waals surface area (Å²) in [6, 6.07) is 28.9. The number of carbonyl (C=O) groups is 4. The third-order valence-electron chi connectivity index (χ3n) is 7.71. The normalized spacial score (nSPS) is 12.0. The molecule has 3 amide bonds. The number of carbonyl (C=O) groups excluding carboxylic acids is 4. The molecule has 0 heterocycles. The Morgan fingerprint density at radius 2 is 1.36 bits per heavy atom. The summed E-state index contributed by atoms with van der Waals surface area (Å²) in [7, 11) is 1.20. The van der Waals surface area contributed by atoms with E-state index in [1.807, 2.05) is 60.7 Å². The van der Waals surface area contributed by atoms with Gasteiger partial charge in [0, 0.05) is 29.2 Å². The van der Waals surface area contributed by atoms with Gasteiger partial charge in [-0.15, -0.1) is 0 Å². The van der Waals surface area contributed by atoms with Crippen LogP contribution in [0.3, 0.4) is 0 Å². The van der Waals surface area contributed by atoms with Gasteiger partial charge in [-0.05, 0) is 64.2 Å². The second kappa shape index (κ2) is 15.4. The van der Waals surface area contributed by atoms with Gasteiger partial charge in [0.15, 0.2) is 0 Å². The molecule has 10 heteroatoms. The van der Waals surface area contributed by atoms with Gasteiger partial charge in [-0.1, -0.05) is 72.5 Å². The number of nitrogens with two attached hydrogens (primary N) is 1. The number of benzene rings is 4. The molecule has 4 aromatic carbocycles. The van der Waals surface area contributed by atoms with Crippen molar-refractivity contribution in [1.29, 1.82) is 0 Å². The summed E-state index contributed by atoms with van der Waals surface area (Å²) in [6.07, 6.45) is -0.717. The van der Waals surface area contributed by atoms with E-state index in [-0.39, 0.29) is 31.5 Å². The van der Waals surface area contributed by atoms with Gasteiger partial charge in [0.1, 0.15) is 12.6 Å². The summed E-state index contributed by atoms with van der Waals surface area (Å²) in [5.41, 5.74) is 12.4. The molecular formula is C37H34N4O6. The number of methoxy groups -OCH3 is 1. The van der Waals surface area contributed by atoms with Gasteiger partial charge >= 0.3 is 12.1 Å². The van der Waals surface area contributed by atoms with Crippen molar-refractivity contribution >= 4 is 23.9 Å². The van der Waals surface area contributed by atoms with Crippen molar-refractivity contribution < 1.29 is 28.7 Å². The van der Waals surface area contributed by atoms with E-state index in [0.717, 1.165) is 33.4 Å². The minimum absolute atomic E-state index is 0.0588. The number of fused-ring (bicyclic) bond motifs is 3. The van der Waals surface area contributed by atoms with Gasteiger partial charge in [0.05, 0.1) is 20.2 Å². The number of alkyl carbamates (subject to hydrolysis) is 1. The second-order valence-electron chi connectivity index (χ2n) is 10.8. The Bertz CT molecular complexity index is 1780. The molecule has 0 spiro atoms. The molecule has 5 rings (SSSR count). The molecule has 0 saturated carbocycles. The lowest BCUT2D eigenvalue weighted by atomic mass is 9.98. The molecule has 5 N–H and O–H groups in total. The summed E-state index contributed by atoms with van der Waals surface area (Å²) in [4.78, 5) is 49.4. The first-order valence-corrected chi connectivity index (χ1v) is 15.0. The van der Waals surface area contributed by atoms with Gasteiger partial charge in [-0.25, -0.2) is 9.59 Å². The zero-order valence-corrected chi connectivity index (χ0v) is 25.7. The van der Waals surface area contributed by atoms with E-state index >= 15 is 0 Å². The smallest absolute Gasteiger partial charge is 0.407 e. The fourth-order valence-electron chi connectivity index (χ4n) is 5.24. The van der Waals surface area contributed by atoms with E-state index in [1.54, 1.807) is 24.3 Å². The number of rotatable bonds is 10. The SMILES string of the molecule is COC(=O)[C@H](CNC(=O)OCC1c2ccccc2-c2ccccc21)NC(=O)c1ccc(C#Cc2ccc(CNC(=O)CN)cc2)cc1. The lowest BCUT2D eigenvalue weighted by molar-refractivity contribution is -0.142. The predicted octanol–water partition coefficient (Wildman–Crippen LogP) is 3.47. The fourth-order valence-corrected chi connectivity index (χ4v) is 5.24. The zero-order valence-electron chi connectivity index (χ0n) is 25.7. The Kier molecular flexibility index (Phi) is 10.6. The monoisotopic (exact) mass is 630 g/mol. The standard InChI is InChI=1S/C37H34N4O6/c1-46-36(44)33(22-40-37(45)47-23-32-30-8-4-2-6-28(30)29-7-3-5-9-31(29)32)41-35(43)27-18-16-25(17-19-27)11-10-24-12-14-26(15-13-24)21-39-34(42)20-38/h2-9,12-19,32-33H,20-23,38H2,1H3,(H,39,42)(H,40,45)(H,41,43)/t33-/m0/s1. The summed E-state index contributed by atoms with van der Waals surface area (Å²) < 4.78 is 10.4. The Morgan fingerprint density at radius 1 is 0.787 bits per heavy atom. The van der Waals surface area contributed by atoms with Gasteiger partial charge in [0.25, 0.3) is 5.91 Å². The van der Waals surface area contributed by atoms with Crippen LogP contribution in [0.2, 0.25) is 0 Å². The maximum atomic E-state index is 13.0. The van der Waals surface area contributed by atoms with E-state index in [4.69, 9.17) is 15.2 Å². The third-order valence-corrected chi connectivity index (χ3v) is 7.71. The van der Waals surface area contributed by atoms with E-state index in [2.05, 4.69) is 39.9 Å². The van der Waals surface area contributed by atoms with Gasteiger partial charge in [0.2, 0.25) is 5.91 Å². The van der Waals surface area contributed by atoms with Gasteiger partial charge in [-0.3, -0.25) is 9.59 Å². The van der Waals surface area contributed by atoms with E-state index < -0.39 is 24.0 Å². The summed E-state index contributed by atoms with van der Waals surface area (Å²) >= 11 is 0. The molecule has 0 bridgehead atoms. The minimum Gasteiger partial charge on any atom is -0.467 e. The summed E-state index contributed by atoms with van der Waals surface area (Å²) in [5.74, 6) is 4.53. The number of ether oxygens (including phenoxy) is 2. The van der Waals surface area contributed by atoms with Crippen LogP contribution in [0.25, 0.3) is 11.1 Å². The lowest BCUT2D eigenvalue weighted by Gasteiger charge is -2.18. The van der Waals surface area contributed by atoms with Crippen molar-refractivity contribution in [3.8, 4) is 23.0 Å². The van der Waals surface area contributed by atoms with Crippen LogP contribution in [0.5, 0.6) is 0 Å². The molecule has 0 unspecified atom stereocenters. The molecule has 47 heavy (non-hydrogen) atoms. The molecule has 1 atom stereocenters. The molecule has 4 aromatic rings. The van der Waals surface area contributed by atoms with Crippen LogP contribution in [0, 0.1) is 11.8 Å². The highest BCUT2D eigenvalue weighted by molar-refractivity contribution is 5.97. The quantitative estimate of drug-likeness (QED) is 0.155. The highest BCUT2D eigenvalue weighted by Gasteiger charge is 2.29. The molecule has 238 valence electrons. The van der Waals surface area contributed by atoms with Crippen molar-refractivity contribution in [2.45, 2.75) is 18.5 Å². The first-order chi connectivity index (χ1) is 22.9. The van der Waals surface area contributed by atoms with Crippen LogP contribution < -0.4 is 21.7 Å². The van der Waals surface area contributed by atoms with Crippen molar-refractivity contribution in [2.75, 3.05) is 26.8 Å². The first-order valence-electron chi connectivity index (χ1n) is 15.0. The van der Waals surface area contributed by atoms with Gasteiger partial charge < -0.3 is 31.2 Å². The molecular weight excluding hydrogens is 596 g/mol. The van der Waals surface area contributed by atoms with Crippen LogP contribution in [-0.2, 0) is 25.6 Å². The largest absolute Gasteiger partial charge is 0.467 e. The predicted molar refractivity (Wildman–Crippen MR) is 176 cm³/mol. The van der Waals surface area contributed by atoms with Gasteiger partial charge in [-0.2, -0.15) is 0 Å². The van der Waals surface area contributed by atoms with Crippen LogP contribution in [-0.4, -0.2) is 56.7 Å². The van der Waals surface area contributed by atoms with Crippen LogP contribution in [0.4, 0.5) is 4.79 Å². The zero-order chi connectivity index (χ0) is 33.2. The van der Waals surface area contributed by atoms with Crippen LogP contribution >= 0.6 is 0 Å². The van der Waals surface area contributed by atoms with Crippen molar-refractivity contribution in [3.05, 3.63) is 130 Å². The molecule has 0 aromatic heterocycles. The Morgan fingerprint density at radius 3 is 1.94 bits per heavy atom. The number of hydrogen-bond donors (Lipinski definition) is 4. The van der Waals surface area contributed by atoms with Crippen molar-refractivity contribution in [2.24, 2.45) is 5.73 Å². The number of nitrogens with one attached hydrogen (secondary N) is 3. The molecule has 1 aliphatic rings. The Balaban J connectivity index is 1.13. The van der Waals surface area contributed by atoms with Crippen LogP contribution in [0.15, 0.2) is 97.1 Å². The molecule has 0 saturated heterocycles. The Labute approximate surface area is 272 Å². The number of hydrogen-bond acceptors (Lipinski definition) is 7. The maximum absolute atomic E-state index is 13.0. The van der Waals surface area contributed by atoms with Crippen molar-refractivity contribution in [3.63, 3.8) is 0 Å². The average molecular weight is 631 g/mol. The topological polar surface area (TPSA) is 149 Å². The van der Waals surface area contributed by atoms with E-state index in [1.165, 1.54) is 7.11 Å². The Hall–Kier alpha value is -5.92. The lowest BCUT2D eigenvalue weighted by Crippen LogP contribution is -2.49. The summed E-state index contributed by atoms with van der Waals surface area (Å²) in [6.45, 7) is 0.216. The minimum atomic E-state index is -1.14. The van der Waals surface area contributed by atoms with Crippen LogP contribution in [0.1, 0.15) is 44.1 Å². The molecule has 10 nitrogen and oxygen atoms in total. The highest BCUT2D eigenvalue weighted by Crippen LogP contribution is 2.44. The fraction of sp³-hybridized carbons (Fsp3) is 0.189. The highest BCUT2D eigenvalue weighted by atomic mass is 16.5. The maximum Gasteiger partial charge on any atom is 0.407 e. The van der Waals surface area contributed by atoms with Crippen molar-refractivity contribution in [1.82, 2.24) is 16.0 Å². The summed E-state index contributed by atoms with van der Waals surface area (Å²) in [5, 5.41) is 7.89. The average Bonchev–Trinajstić information content (AvgIpc) is 3.44. The first kappa shape index (κ1) is 32.5.